The van der Waals surface area contributed by atoms with Crippen LogP contribution in [0.25, 0.3) is 0 Å². The first-order valence-corrected chi connectivity index (χ1v) is 17.5. The molecule has 9 atom stereocenters. The van der Waals surface area contributed by atoms with Crippen molar-refractivity contribution in [3.63, 3.8) is 0 Å². The maximum atomic E-state index is 13.6. The molecule has 1 aromatic rings. The molecule has 1 amide bonds. The highest BCUT2D eigenvalue weighted by Gasteiger charge is 2.81. The molecular weight excluding hydrogens is 572 g/mol. The number of esters is 1. The van der Waals surface area contributed by atoms with E-state index in [0.29, 0.717) is 31.6 Å². The number of aliphatic hydroxyl groups is 1. The number of thioether (sulfide) groups is 1. The third-order valence-electron chi connectivity index (χ3n) is 12.4. The van der Waals surface area contributed by atoms with Crippen molar-refractivity contribution in [1.29, 1.82) is 0 Å². The Hall–Kier alpha value is -2.16. The fourth-order valence-electron chi connectivity index (χ4n) is 9.98. The van der Waals surface area contributed by atoms with Crippen LogP contribution in [0.1, 0.15) is 84.6 Å². The van der Waals surface area contributed by atoms with E-state index in [1.165, 1.54) is 11.8 Å². The molecule has 1 aromatic carbocycles. The van der Waals surface area contributed by atoms with E-state index < -0.39 is 17.6 Å². The average molecular weight is 625 g/mol. The summed E-state index contributed by atoms with van der Waals surface area (Å²) in [5.41, 5.74) is -0.461. The van der Waals surface area contributed by atoms with Crippen molar-refractivity contribution in [3.05, 3.63) is 42.5 Å². The van der Waals surface area contributed by atoms with Crippen LogP contribution in [0.3, 0.4) is 0 Å². The van der Waals surface area contributed by atoms with Gasteiger partial charge in [-0.05, 0) is 93.0 Å². The summed E-state index contributed by atoms with van der Waals surface area (Å²) in [6.07, 6.45) is 6.70. The Bertz CT molecular complexity index is 1290. The summed E-state index contributed by atoms with van der Waals surface area (Å²) in [6.45, 7) is 14.2. The monoisotopic (exact) mass is 624 g/mol. The van der Waals surface area contributed by atoms with Gasteiger partial charge in [-0.25, -0.2) is 0 Å². The lowest BCUT2D eigenvalue weighted by atomic mass is 9.32. The number of ether oxygens (including phenoxy) is 1. The summed E-state index contributed by atoms with van der Waals surface area (Å²) >= 11 is 1.43. The largest absolute Gasteiger partial charge is 0.461 e. The molecule has 0 heterocycles. The molecule has 0 radical (unpaired) electrons. The molecule has 5 rings (SSSR count). The maximum absolute atomic E-state index is 13.6. The third kappa shape index (κ3) is 5.47. The molecule has 2 spiro atoms. The Morgan fingerprint density at radius 2 is 1.98 bits per heavy atom. The van der Waals surface area contributed by atoms with Crippen LogP contribution in [-0.4, -0.2) is 54.3 Å². The van der Waals surface area contributed by atoms with Gasteiger partial charge in [0, 0.05) is 40.5 Å². The van der Waals surface area contributed by atoms with Crippen LogP contribution in [0, 0.1) is 39.4 Å². The van der Waals surface area contributed by atoms with Gasteiger partial charge in [0.2, 0.25) is 5.91 Å². The Labute approximate surface area is 267 Å². The van der Waals surface area contributed by atoms with Crippen LogP contribution >= 0.6 is 11.8 Å². The van der Waals surface area contributed by atoms with Gasteiger partial charge in [0.05, 0.1) is 11.9 Å². The van der Waals surface area contributed by atoms with Crippen molar-refractivity contribution < 1.29 is 24.2 Å². The van der Waals surface area contributed by atoms with Crippen molar-refractivity contribution in [2.75, 3.05) is 19.3 Å². The Kier molecular flexibility index (Phi) is 9.48. The molecule has 4 aliphatic carbocycles. The number of aliphatic hydroxyl groups excluding tert-OH is 1. The summed E-state index contributed by atoms with van der Waals surface area (Å²) in [5.74, 6) is 0.652. The van der Waals surface area contributed by atoms with Gasteiger partial charge in [0.1, 0.15) is 11.9 Å². The lowest BCUT2D eigenvalue weighted by Gasteiger charge is -2.71. The molecule has 2 bridgehead atoms. The highest BCUT2D eigenvalue weighted by Crippen LogP contribution is 2.82. The number of benzene rings is 1. The Morgan fingerprint density at radius 1 is 1.20 bits per heavy atom. The summed E-state index contributed by atoms with van der Waals surface area (Å²) in [4.78, 5) is 40.2. The van der Waals surface area contributed by atoms with Crippen LogP contribution in [0.4, 0.5) is 0 Å². The van der Waals surface area contributed by atoms with Crippen molar-refractivity contribution in [3.8, 4) is 0 Å². The molecule has 8 heteroatoms. The van der Waals surface area contributed by atoms with Gasteiger partial charge >= 0.3 is 5.97 Å². The molecule has 7 nitrogen and oxygen atoms in total. The van der Waals surface area contributed by atoms with Crippen molar-refractivity contribution >= 4 is 29.4 Å². The first-order valence-electron chi connectivity index (χ1n) is 16.5. The summed E-state index contributed by atoms with van der Waals surface area (Å²) < 4.78 is 6.45. The molecule has 0 aliphatic heterocycles. The number of nitrogens with one attached hydrogen (secondary N) is 2. The molecule has 0 aromatic heterocycles. The fourth-order valence-corrected chi connectivity index (χ4v) is 10.7. The van der Waals surface area contributed by atoms with E-state index in [4.69, 9.17) is 4.74 Å². The van der Waals surface area contributed by atoms with Crippen LogP contribution in [0.2, 0.25) is 0 Å². The van der Waals surface area contributed by atoms with Gasteiger partial charge in [-0.1, -0.05) is 45.9 Å². The van der Waals surface area contributed by atoms with E-state index in [1.54, 1.807) is 0 Å². The van der Waals surface area contributed by atoms with Gasteiger partial charge in [-0.3, -0.25) is 14.4 Å². The zero-order valence-corrected chi connectivity index (χ0v) is 28.1. The zero-order chi connectivity index (χ0) is 31.9. The van der Waals surface area contributed by atoms with Crippen LogP contribution in [0.5, 0.6) is 0 Å². The van der Waals surface area contributed by atoms with Gasteiger partial charge in [-0.2, -0.15) is 0 Å². The SMILES string of the molecule is C=C[C@]1(C)C[C@@H](OC(=O)CSc2cccc(CNC(=O)CCCCNC)c2)[C@]2(C)C(C)CC34CC(CCC3=O)(C42)[C@@H](C)[C@@H]1O. The molecule has 242 valence electrons. The van der Waals surface area contributed by atoms with E-state index in [2.05, 4.69) is 38.0 Å². The number of carbonyl (C=O) groups is 3. The first kappa shape index (κ1) is 33.2. The second-order valence-electron chi connectivity index (χ2n) is 14.8. The molecular formula is C36H52N2O5S. The highest BCUT2D eigenvalue weighted by atomic mass is 32.2. The van der Waals surface area contributed by atoms with E-state index in [1.807, 2.05) is 44.3 Å². The predicted molar refractivity (Wildman–Crippen MR) is 174 cm³/mol. The predicted octanol–water partition coefficient (Wildman–Crippen LogP) is 5.69. The number of amides is 1. The number of Topliss-reactive ketones (excluding diaryl/α,β-unsaturated/α-hetero) is 1. The van der Waals surface area contributed by atoms with Crippen LogP contribution < -0.4 is 10.6 Å². The zero-order valence-electron chi connectivity index (χ0n) is 27.2. The number of unbranched alkanes of at least 4 members (excludes halogenated alkanes) is 1. The lowest BCUT2D eigenvalue weighted by molar-refractivity contribution is -0.257. The second kappa shape index (κ2) is 12.6. The minimum atomic E-state index is -0.626. The standard InChI is InChI=1S/C36H52N2O5S/c1-7-33(4)19-28(34(5)23(2)18-36-22-35(32(34)36,15-14-27(36)39)24(3)31(33)42)43-30(41)21-44-26-12-10-11-25(17-26)20-38-29(40)13-8-9-16-37-6/h7,10-12,17,23-24,28,31-32,37,42H,1,8-9,13-16,18-22H2,2-6H3,(H,38,40)/t23?,24-,28+,31-,32?,33+,34-,35?,36?/m0/s1. The van der Waals surface area contributed by atoms with Crippen molar-refractivity contribution in [2.45, 2.75) is 103 Å². The lowest BCUT2D eigenvalue weighted by Crippen LogP contribution is -2.71. The molecule has 4 aliphatic rings. The first-order chi connectivity index (χ1) is 20.9. The summed E-state index contributed by atoms with van der Waals surface area (Å²) in [6, 6.07) is 7.90. The number of rotatable bonds is 12. The Morgan fingerprint density at radius 3 is 2.70 bits per heavy atom. The van der Waals surface area contributed by atoms with Crippen LogP contribution in [0.15, 0.2) is 41.8 Å². The van der Waals surface area contributed by atoms with E-state index >= 15 is 0 Å². The van der Waals surface area contributed by atoms with Crippen molar-refractivity contribution in [2.24, 2.45) is 39.4 Å². The van der Waals surface area contributed by atoms with Crippen molar-refractivity contribution in [1.82, 2.24) is 10.6 Å². The molecule has 3 N–H and O–H groups in total. The summed E-state index contributed by atoms with van der Waals surface area (Å²) in [7, 11) is 1.91. The maximum Gasteiger partial charge on any atom is 0.316 e. The van der Waals surface area contributed by atoms with Gasteiger partial charge < -0.3 is 20.5 Å². The Balaban J connectivity index is 1.28. The smallest absolute Gasteiger partial charge is 0.316 e. The topological polar surface area (TPSA) is 105 Å². The quantitative estimate of drug-likeness (QED) is 0.119. The molecule has 4 saturated carbocycles. The van der Waals surface area contributed by atoms with Gasteiger partial charge in [-0.15, -0.1) is 18.3 Å². The van der Waals surface area contributed by atoms with Crippen LogP contribution in [-0.2, 0) is 25.7 Å². The fraction of sp³-hybridized carbons (Fsp3) is 0.694. The minimum absolute atomic E-state index is 0.0315. The molecule has 4 fully saturated rings. The average Bonchev–Trinajstić information content (AvgIpc) is 3.19. The number of ketones is 1. The molecule has 0 saturated heterocycles. The van der Waals surface area contributed by atoms with Gasteiger partial charge in [0.25, 0.3) is 0 Å². The number of carbonyl (C=O) groups excluding carboxylic acids is 3. The number of hydrogen-bond donors (Lipinski definition) is 3. The van der Waals surface area contributed by atoms with Gasteiger partial charge in [0.15, 0.2) is 0 Å². The van der Waals surface area contributed by atoms with E-state index in [0.717, 1.165) is 49.1 Å². The third-order valence-corrected chi connectivity index (χ3v) is 13.4. The molecule has 4 unspecified atom stereocenters. The highest BCUT2D eigenvalue weighted by molar-refractivity contribution is 8.00. The minimum Gasteiger partial charge on any atom is -0.461 e. The second-order valence-corrected chi connectivity index (χ2v) is 15.8. The normalized spacial score (nSPS) is 39.0. The van der Waals surface area contributed by atoms with E-state index in [-0.39, 0.29) is 51.6 Å². The summed E-state index contributed by atoms with van der Waals surface area (Å²) in [5, 5.41) is 17.9. The van der Waals surface area contributed by atoms with E-state index in [9.17, 15) is 19.5 Å². The number of hydrogen-bond acceptors (Lipinski definition) is 7. The molecule has 44 heavy (non-hydrogen) atoms.